The van der Waals surface area contributed by atoms with E-state index >= 15 is 0 Å². The number of hydrogen-bond donors (Lipinski definition) is 1. The van der Waals surface area contributed by atoms with E-state index in [9.17, 15) is 0 Å². The lowest BCUT2D eigenvalue weighted by Crippen LogP contribution is -2.07. The minimum atomic E-state index is 0.790. The third kappa shape index (κ3) is 2.88. The number of aryl methyl sites for hydroxylation is 1. The van der Waals surface area contributed by atoms with Gasteiger partial charge in [-0.15, -0.1) is 0 Å². The number of aromatic nitrogens is 1. The lowest BCUT2D eigenvalue weighted by Gasteiger charge is -2.11. The summed E-state index contributed by atoms with van der Waals surface area (Å²) in [5, 5.41) is 4.27. The van der Waals surface area contributed by atoms with Crippen molar-refractivity contribution >= 4 is 10.9 Å². The molecule has 0 aliphatic heterocycles. The number of ether oxygens (including phenoxy) is 1. The fraction of sp³-hybridized carbons (Fsp3) is 0.167. The molecule has 21 heavy (non-hydrogen) atoms. The molecule has 0 amide bonds. The van der Waals surface area contributed by atoms with Gasteiger partial charge in [0.25, 0.3) is 0 Å². The Hall–Kier alpha value is -2.39. The van der Waals surface area contributed by atoms with E-state index in [1.165, 1.54) is 5.56 Å². The van der Waals surface area contributed by atoms with Crippen LogP contribution in [0.5, 0.6) is 11.5 Å². The summed E-state index contributed by atoms with van der Waals surface area (Å²) in [5.41, 5.74) is 3.14. The Labute approximate surface area is 124 Å². The molecule has 1 heterocycles. The fourth-order valence-corrected chi connectivity index (χ4v) is 2.37. The van der Waals surface area contributed by atoms with Crippen molar-refractivity contribution in [2.24, 2.45) is 0 Å². The lowest BCUT2D eigenvalue weighted by atomic mass is 10.1. The van der Waals surface area contributed by atoms with Crippen LogP contribution in [0.25, 0.3) is 10.9 Å². The van der Waals surface area contributed by atoms with E-state index < -0.39 is 0 Å². The highest BCUT2D eigenvalue weighted by atomic mass is 16.5. The molecule has 106 valence electrons. The molecule has 0 saturated heterocycles. The first-order chi connectivity index (χ1) is 10.3. The largest absolute Gasteiger partial charge is 0.455 e. The summed E-state index contributed by atoms with van der Waals surface area (Å²) in [7, 11) is 1.94. The summed E-state index contributed by atoms with van der Waals surface area (Å²) >= 11 is 0. The Morgan fingerprint density at radius 2 is 1.86 bits per heavy atom. The second-order valence-electron chi connectivity index (χ2n) is 5.01. The highest BCUT2D eigenvalue weighted by molar-refractivity contribution is 5.85. The molecule has 0 saturated carbocycles. The number of benzene rings is 2. The standard InChI is InChI=1S/C18H18N2O/c1-13-15(12-19-2)11-14-7-6-10-17(18(14)20-13)21-16-8-4-3-5-9-16/h3-11,19H,12H2,1-2H3. The molecular formula is C18H18N2O. The van der Waals surface area contributed by atoms with Crippen LogP contribution < -0.4 is 10.1 Å². The van der Waals surface area contributed by atoms with Crippen molar-refractivity contribution < 1.29 is 4.74 Å². The van der Waals surface area contributed by atoms with E-state index in [-0.39, 0.29) is 0 Å². The molecule has 3 aromatic rings. The van der Waals surface area contributed by atoms with Crippen LogP contribution in [0.3, 0.4) is 0 Å². The van der Waals surface area contributed by atoms with Crippen molar-refractivity contribution in [3.8, 4) is 11.5 Å². The molecule has 0 bridgehead atoms. The van der Waals surface area contributed by atoms with E-state index in [1.54, 1.807) is 0 Å². The van der Waals surface area contributed by atoms with Crippen molar-refractivity contribution in [1.82, 2.24) is 10.3 Å². The number of nitrogens with one attached hydrogen (secondary N) is 1. The molecule has 1 N–H and O–H groups in total. The van der Waals surface area contributed by atoms with E-state index in [0.29, 0.717) is 0 Å². The first kappa shape index (κ1) is 13.6. The topological polar surface area (TPSA) is 34.1 Å². The van der Waals surface area contributed by atoms with Crippen LogP contribution in [-0.4, -0.2) is 12.0 Å². The number of nitrogens with zero attached hydrogens (tertiary/aromatic N) is 1. The van der Waals surface area contributed by atoms with Gasteiger partial charge in [-0.1, -0.05) is 30.3 Å². The van der Waals surface area contributed by atoms with Crippen molar-refractivity contribution in [3.63, 3.8) is 0 Å². The summed E-state index contributed by atoms with van der Waals surface area (Å²) in [6.45, 7) is 2.85. The highest BCUT2D eigenvalue weighted by Gasteiger charge is 2.08. The minimum Gasteiger partial charge on any atom is -0.455 e. The summed E-state index contributed by atoms with van der Waals surface area (Å²) in [6, 6.07) is 18.0. The smallest absolute Gasteiger partial charge is 0.153 e. The molecule has 0 unspecified atom stereocenters. The van der Waals surface area contributed by atoms with Gasteiger partial charge < -0.3 is 10.1 Å². The molecule has 0 spiro atoms. The van der Waals surface area contributed by atoms with Crippen LogP contribution in [0.1, 0.15) is 11.3 Å². The summed E-state index contributed by atoms with van der Waals surface area (Å²) in [4.78, 5) is 4.73. The molecule has 0 radical (unpaired) electrons. The fourth-order valence-electron chi connectivity index (χ4n) is 2.37. The maximum atomic E-state index is 5.97. The minimum absolute atomic E-state index is 0.790. The maximum Gasteiger partial charge on any atom is 0.153 e. The van der Waals surface area contributed by atoms with E-state index in [1.807, 2.05) is 56.4 Å². The van der Waals surface area contributed by atoms with Crippen LogP contribution >= 0.6 is 0 Å². The molecule has 0 fully saturated rings. The average Bonchev–Trinajstić information content (AvgIpc) is 2.50. The zero-order valence-electron chi connectivity index (χ0n) is 12.3. The summed E-state index contributed by atoms with van der Waals surface area (Å²) in [5.74, 6) is 1.61. The number of hydrogen-bond acceptors (Lipinski definition) is 3. The third-order valence-electron chi connectivity index (χ3n) is 3.44. The van der Waals surface area contributed by atoms with Gasteiger partial charge in [-0.25, -0.2) is 4.98 Å². The molecule has 0 atom stereocenters. The average molecular weight is 278 g/mol. The lowest BCUT2D eigenvalue weighted by molar-refractivity contribution is 0.487. The first-order valence-corrected chi connectivity index (χ1v) is 7.04. The second-order valence-corrected chi connectivity index (χ2v) is 5.01. The van der Waals surface area contributed by atoms with Gasteiger partial charge in [-0.05, 0) is 43.8 Å². The van der Waals surface area contributed by atoms with E-state index in [4.69, 9.17) is 9.72 Å². The number of para-hydroxylation sites is 2. The predicted molar refractivity (Wildman–Crippen MR) is 85.8 cm³/mol. The number of pyridine rings is 1. The first-order valence-electron chi connectivity index (χ1n) is 7.04. The van der Waals surface area contributed by atoms with Crippen LogP contribution in [-0.2, 0) is 6.54 Å². The molecule has 1 aromatic heterocycles. The van der Waals surface area contributed by atoms with Gasteiger partial charge in [0.2, 0.25) is 0 Å². The van der Waals surface area contributed by atoms with Gasteiger partial charge in [0.1, 0.15) is 11.3 Å². The Morgan fingerprint density at radius 3 is 2.62 bits per heavy atom. The molecular weight excluding hydrogens is 260 g/mol. The summed E-state index contributed by atoms with van der Waals surface area (Å²) < 4.78 is 5.97. The Balaban J connectivity index is 2.05. The van der Waals surface area contributed by atoms with Crippen LogP contribution in [0, 0.1) is 6.92 Å². The Kier molecular flexibility index (Phi) is 3.84. The summed E-state index contributed by atoms with van der Waals surface area (Å²) in [6.07, 6.45) is 0. The molecule has 0 aliphatic carbocycles. The van der Waals surface area contributed by atoms with Crippen LogP contribution in [0.15, 0.2) is 54.6 Å². The Morgan fingerprint density at radius 1 is 1.05 bits per heavy atom. The SMILES string of the molecule is CNCc1cc2cccc(Oc3ccccc3)c2nc1C. The molecule has 3 rings (SSSR count). The van der Waals surface area contributed by atoms with E-state index in [0.717, 1.165) is 34.6 Å². The monoisotopic (exact) mass is 278 g/mol. The van der Waals surface area contributed by atoms with Crippen molar-refractivity contribution in [1.29, 1.82) is 0 Å². The Bertz CT molecular complexity index is 754. The van der Waals surface area contributed by atoms with Crippen LogP contribution in [0.2, 0.25) is 0 Å². The quantitative estimate of drug-likeness (QED) is 0.781. The molecule has 3 heteroatoms. The van der Waals surface area contributed by atoms with Gasteiger partial charge in [0, 0.05) is 17.6 Å². The van der Waals surface area contributed by atoms with Crippen molar-refractivity contribution in [2.75, 3.05) is 7.05 Å². The molecule has 3 nitrogen and oxygen atoms in total. The van der Waals surface area contributed by atoms with Crippen molar-refractivity contribution in [2.45, 2.75) is 13.5 Å². The van der Waals surface area contributed by atoms with Gasteiger partial charge >= 0.3 is 0 Å². The van der Waals surface area contributed by atoms with Gasteiger partial charge in [0.15, 0.2) is 5.75 Å². The number of rotatable bonds is 4. The second kappa shape index (κ2) is 5.94. The van der Waals surface area contributed by atoms with Crippen LogP contribution in [0.4, 0.5) is 0 Å². The van der Waals surface area contributed by atoms with Gasteiger partial charge in [-0.2, -0.15) is 0 Å². The number of fused-ring (bicyclic) bond motifs is 1. The molecule has 2 aromatic carbocycles. The molecule has 0 aliphatic rings. The van der Waals surface area contributed by atoms with Gasteiger partial charge in [-0.3, -0.25) is 0 Å². The van der Waals surface area contributed by atoms with E-state index in [2.05, 4.69) is 17.4 Å². The van der Waals surface area contributed by atoms with Gasteiger partial charge in [0.05, 0.1) is 0 Å². The zero-order chi connectivity index (χ0) is 14.7. The maximum absolute atomic E-state index is 5.97. The normalized spacial score (nSPS) is 10.8. The highest BCUT2D eigenvalue weighted by Crippen LogP contribution is 2.29. The third-order valence-corrected chi connectivity index (χ3v) is 3.44. The van der Waals surface area contributed by atoms with Crippen molar-refractivity contribution in [3.05, 3.63) is 65.9 Å². The predicted octanol–water partition coefficient (Wildman–Crippen LogP) is 4.05. The zero-order valence-corrected chi connectivity index (χ0v) is 12.3.